The quantitative estimate of drug-likeness (QED) is 0.898. The first-order valence-corrected chi connectivity index (χ1v) is 6.06. The molecule has 0 unspecified atom stereocenters. The Morgan fingerprint density at radius 2 is 1.75 bits per heavy atom. The maximum Gasteiger partial charge on any atom is 0.354 e. The van der Waals surface area contributed by atoms with Gasteiger partial charge in [0, 0.05) is 11.9 Å². The first-order valence-electron chi connectivity index (χ1n) is 6.06. The van der Waals surface area contributed by atoms with Crippen LogP contribution in [-0.4, -0.2) is 22.0 Å². The van der Waals surface area contributed by atoms with E-state index in [0.29, 0.717) is 5.56 Å². The van der Waals surface area contributed by atoms with Crippen molar-refractivity contribution < 1.29 is 14.7 Å². The molecule has 0 fully saturated rings. The van der Waals surface area contributed by atoms with Crippen LogP contribution in [-0.2, 0) is 0 Å². The molecule has 5 nitrogen and oxygen atoms in total. The molecular formula is C15H14N2O3. The Kier molecular flexibility index (Phi) is 3.79. The maximum absolute atomic E-state index is 12.1. The fourth-order valence-electron chi connectivity index (χ4n) is 1.85. The highest BCUT2D eigenvalue weighted by atomic mass is 16.4. The maximum atomic E-state index is 12.1. The van der Waals surface area contributed by atoms with E-state index in [-0.39, 0.29) is 11.6 Å². The van der Waals surface area contributed by atoms with E-state index >= 15 is 0 Å². The van der Waals surface area contributed by atoms with Crippen LogP contribution in [0, 0.1) is 13.8 Å². The van der Waals surface area contributed by atoms with Crippen LogP contribution in [0.15, 0.2) is 36.5 Å². The summed E-state index contributed by atoms with van der Waals surface area (Å²) >= 11 is 0. The fourth-order valence-corrected chi connectivity index (χ4v) is 1.85. The smallest absolute Gasteiger partial charge is 0.354 e. The van der Waals surface area contributed by atoms with Crippen molar-refractivity contribution in [3.63, 3.8) is 0 Å². The van der Waals surface area contributed by atoms with E-state index < -0.39 is 5.97 Å². The van der Waals surface area contributed by atoms with Crippen molar-refractivity contribution in [2.24, 2.45) is 0 Å². The Bertz CT molecular complexity index is 643. The molecule has 5 heteroatoms. The van der Waals surface area contributed by atoms with Gasteiger partial charge in [-0.3, -0.25) is 4.79 Å². The van der Waals surface area contributed by atoms with Crippen LogP contribution in [0.1, 0.15) is 32.0 Å². The Balaban J connectivity index is 2.22. The molecule has 1 heterocycles. The summed E-state index contributed by atoms with van der Waals surface area (Å²) in [6.07, 6.45) is 1.26. The number of hydrogen-bond acceptors (Lipinski definition) is 3. The standard InChI is InChI=1S/C15H14N2O3/c1-9-4-3-5-10(2)13(9)17-14(18)11-6-7-12(15(19)20)16-8-11/h3-8H,1-2H3,(H,17,18)(H,19,20). The number of aryl methyl sites for hydroxylation is 2. The molecule has 0 bridgehead atoms. The molecule has 0 saturated heterocycles. The average Bonchev–Trinajstić information content (AvgIpc) is 2.43. The Hall–Kier alpha value is -2.69. The average molecular weight is 270 g/mol. The minimum atomic E-state index is -1.12. The monoisotopic (exact) mass is 270 g/mol. The predicted molar refractivity (Wildman–Crippen MR) is 75.1 cm³/mol. The number of rotatable bonds is 3. The number of carbonyl (C=O) groups is 2. The zero-order valence-corrected chi connectivity index (χ0v) is 11.2. The van der Waals surface area contributed by atoms with Crippen LogP contribution in [0.5, 0.6) is 0 Å². The van der Waals surface area contributed by atoms with Crippen LogP contribution in [0.4, 0.5) is 5.69 Å². The van der Waals surface area contributed by atoms with E-state index in [1.54, 1.807) is 0 Å². The lowest BCUT2D eigenvalue weighted by Gasteiger charge is -2.11. The molecule has 0 aliphatic carbocycles. The largest absolute Gasteiger partial charge is 0.477 e. The normalized spacial score (nSPS) is 10.1. The van der Waals surface area contributed by atoms with Crippen LogP contribution >= 0.6 is 0 Å². The molecule has 0 saturated carbocycles. The first-order chi connectivity index (χ1) is 9.49. The molecule has 0 aliphatic rings. The summed E-state index contributed by atoms with van der Waals surface area (Å²) in [7, 11) is 0. The van der Waals surface area contributed by atoms with Crippen molar-refractivity contribution in [1.29, 1.82) is 0 Å². The molecule has 0 spiro atoms. The van der Waals surface area contributed by atoms with Gasteiger partial charge in [-0.1, -0.05) is 18.2 Å². The van der Waals surface area contributed by atoms with E-state index in [1.807, 2.05) is 32.0 Å². The number of carboxylic acid groups (broad SMARTS) is 1. The summed E-state index contributed by atoms with van der Waals surface area (Å²) < 4.78 is 0. The lowest BCUT2D eigenvalue weighted by molar-refractivity contribution is 0.0690. The van der Waals surface area contributed by atoms with E-state index in [4.69, 9.17) is 5.11 Å². The molecule has 0 radical (unpaired) electrons. The van der Waals surface area contributed by atoms with Crippen molar-refractivity contribution in [1.82, 2.24) is 4.98 Å². The Labute approximate surface area is 116 Å². The third-order valence-corrected chi connectivity index (χ3v) is 2.96. The number of nitrogens with zero attached hydrogens (tertiary/aromatic N) is 1. The number of carbonyl (C=O) groups excluding carboxylic acids is 1. The number of amides is 1. The number of anilines is 1. The van der Waals surface area contributed by atoms with Crippen molar-refractivity contribution in [2.45, 2.75) is 13.8 Å². The van der Waals surface area contributed by atoms with Gasteiger partial charge in [0.1, 0.15) is 5.69 Å². The van der Waals surface area contributed by atoms with E-state index in [0.717, 1.165) is 16.8 Å². The predicted octanol–water partition coefficient (Wildman–Crippen LogP) is 2.65. The molecule has 1 aromatic heterocycles. The van der Waals surface area contributed by atoms with E-state index in [9.17, 15) is 9.59 Å². The zero-order chi connectivity index (χ0) is 14.7. The number of para-hydroxylation sites is 1. The highest BCUT2D eigenvalue weighted by molar-refractivity contribution is 6.05. The number of aromatic nitrogens is 1. The molecule has 20 heavy (non-hydrogen) atoms. The van der Waals surface area contributed by atoms with Crippen molar-refractivity contribution in [3.05, 3.63) is 58.9 Å². The topological polar surface area (TPSA) is 79.3 Å². The second kappa shape index (κ2) is 5.52. The lowest BCUT2D eigenvalue weighted by Crippen LogP contribution is -2.14. The Morgan fingerprint density at radius 1 is 1.10 bits per heavy atom. The van der Waals surface area contributed by atoms with Crippen molar-refractivity contribution >= 4 is 17.6 Å². The SMILES string of the molecule is Cc1cccc(C)c1NC(=O)c1ccc(C(=O)O)nc1. The number of hydrogen-bond donors (Lipinski definition) is 2. The molecule has 0 aliphatic heterocycles. The minimum Gasteiger partial charge on any atom is -0.477 e. The van der Waals surface area contributed by atoms with Crippen LogP contribution < -0.4 is 5.32 Å². The lowest BCUT2D eigenvalue weighted by atomic mass is 10.1. The van der Waals surface area contributed by atoms with Gasteiger partial charge in [0.05, 0.1) is 5.56 Å². The molecule has 2 N–H and O–H groups in total. The molecule has 1 amide bonds. The minimum absolute atomic E-state index is 0.0892. The highest BCUT2D eigenvalue weighted by Gasteiger charge is 2.11. The van der Waals surface area contributed by atoms with Crippen LogP contribution in [0.3, 0.4) is 0 Å². The molecule has 1 aromatic carbocycles. The van der Waals surface area contributed by atoms with Gasteiger partial charge in [-0.05, 0) is 37.1 Å². The van der Waals surface area contributed by atoms with Gasteiger partial charge in [-0.15, -0.1) is 0 Å². The van der Waals surface area contributed by atoms with Gasteiger partial charge in [-0.25, -0.2) is 9.78 Å². The summed E-state index contributed by atoms with van der Waals surface area (Å²) in [5.41, 5.74) is 2.92. The number of aromatic carboxylic acids is 1. The van der Waals surface area contributed by atoms with Crippen molar-refractivity contribution in [3.8, 4) is 0 Å². The second-order valence-corrected chi connectivity index (χ2v) is 4.46. The van der Waals surface area contributed by atoms with E-state index in [2.05, 4.69) is 10.3 Å². The highest BCUT2D eigenvalue weighted by Crippen LogP contribution is 2.20. The molecule has 2 aromatic rings. The van der Waals surface area contributed by atoms with Crippen molar-refractivity contribution in [2.75, 3.05) is 5.32 Å². The summed E-state index contributed by atoms with van der Waals surface area (Å²) in [5.74, 6) is -1.43. The number of carboxylic acids is 1. The second-order valence-electron chi connectivity index (χ2n) is 4.46. The summed E-state index contributed by atoms with van der Waals surface area (Å²) in [6, 6.07) is 8.49. The van der Waals surface area contributed by atoms with Gasteiger partial charge >= 0.3 is 5.97 Å². The zero-order valence-electron chi connectivity index (χ0n) is 11.2. The Morgan fingerprint density at radius 3 is 2.25 bits per heavy atom. The first kappa shape index (κ1) is 13.7. The molecule has 0 atom stereocenters. The van der Waals surface area contributed by atoms with E-state index in [1.165, 1.54) is 18.3 Å². The molecule has 102 valence electrons. The van der Waals surface area contributed by atoms with Gasteiger partial charge in [0.25, 0.3) is 5.91 Å². The van der Waals surface area contributed by atoms with Gasteiger partial charge in [0.2, 0.25) is 0 Å². The number of benzene rings is 1. The third-order valence-electron chi connectivity index (χ3n) is 2.96. The van der Waals surface area contributed by atoms with Crippen LogP contribution in [0.2, 0.25) is 0 Å². The number of nitrogens with one attached hydrogen (secondary N) is 1. The number of pyridine rings is 1. The van der Waals surface area contributed by atoms with Gasteiger partial charge in [0.15, 0.2) is 0 Å². The van der Waals surface area contributed by atoms with Crippen LogP contribution in [0.25, 0.3) is 0 Å². The van der Waals surface area contributed by atoms with Gasteiger partial charge in [-0.2, -0.15) is 0 Å². The third kappa shape index (κ3) is 2.83. The molecular weight excluding hydrogens is 256 g/mol. The summed E-state index contributed by atoms with van der Waals surface area (Å²) in [6.45, 7) is 3.82. The fraction of sp³-hybridized carbons (Fsp3) is 0.133. The summed E-state index contributed by atoms with van der Waals surface area (Å²) in [5, 5.41) is 11.6. The van der Waals surface area contributed by atoms with Gasteiger partial charge < -0.3 is 10.4 Å². The summed E-state index contributed by atoms with van der Waals surface area (Å²) in [4.78, 5) is 26.5. The molecule has 2 rings (SSSR count).